The molecule has 3 aliphatic rings. The van der Waals surface area contributed by atoms with Crippen molar-refractivity contribution in [1.82, 2.24) is 19.8 Å². The van der Waals surface area contributed by atoms with Crippen molar-refractivity contribution in [3.8, 4) is 0 Å². The summed E-state index contributed by atoms with van der Waals surface area (Å²) in [5.41, 5.74) is 1.35. The van der Waals surface area contributed by atoms with E-state index in [1.165, 1.54) is 95.8 Å². The van der Waals surface area contributed by atoms with Gasteiger partial charge in [0, 0.05) is 50.2 Å². The Balaban J connectivity index is 1.09. The summed E-state index contributed by atoms with van der Waals surface area (Å²) in [6.07, 6.45) is 19.1. The number of piperidine rings is 1. The molecule has 0 aliphatic carbocycles. The summed E-state index contributed by atoms with van der Waals surface area (Å²) < 4.78 is 5.62. The number of hydrogen-bond donors (Lipinski definition) is 0. The third kappa shape index (κ3) is 7.88. The van der Waals surface area contributed by atoms with Crippen LogP contribution in [0.25, 0.3) is 0 Å². The minimum absolute atomic E-state index is 0.375. The smallest absolute Gasteiger partial charge is 0.225 e. The van der Waals surface area contributed by atoms with Crippen molar-refractivity contribution in [2.45, 2.75) is 128 Å². The Hall–Kier alpha value is -1.24. The maximum absolute atomic E-state index is 5.62. The third-order valence-corrected chi connectivity index (χ3v) is 8.76. The number of piperazine rings is 1. The van der Waals surface area contributed by atoms with Gasteiger partial charge in [0.25, 0.3) is 0 Å². The zero-order valence-corrected chi connectivity index (χ0v) is 23.7. The van der Waals surface area contributed by atoms with Gasteiger partial charge in [-0.25, -0.2) is 9.97 Å². The van der Waals surface area contributed by atoms with Crippen molar-refractivity contribution in [2.75, 3.05) is 44.2 Å². The van der Waals surface area contributed by atoms with Crippen LogP contribution in [0.3, 0.4) is 0 Å². The van der Waals surface area contributed by atoms with Crippen LogP contribution in [0.1, 0.15) is 110 Å². The molecule has 0 saturated carbocycles. The number of unbranched alkanes of at least 4 members (excludes halogenated alkanes) is 6. The highest BCUT2D eigenvalue weighted by Crippen LogP contribution is 2.34. The highest BCUT2D eigenvalue weighted by atomic mass is 16.5. The lowest BCUT2D eigenvalue weighted by Gasteiger charge is -2.42. The lowest BCUT2D eigenvalue weighted by Crippen LogP contribution is -2.56. The molecule has 3 saturated heterocycles. The summed E-state index contributed by atoms with van der Waals surface area (Å²) in [5, 5.41) is 0. The van der Waals surface area contributed by atoms with Gasteiger partial charge in [0.1, 0.15) is 0 Å². The maximum atomic E-state index is 5.62. The van der Waals surface area contributed by atoms with Crippen LogP contribution in [-0.2, 0) is 4.74 Å². The Labute approximate surface area is 221 Å². The molecule has 4 rings (SSSR count). The first-order valence-electron chi connectivity index (χ1n) is 15.2. The van der Waals surface area contributed by atoms with Crippen LogP contribution in [0.15, 0.2) is 12.4 Å². The molecule has 3 aliphatic heterocycles. The Morgan fingerprint density at radius 1 is 0.806 bits per heavy atom. The second kappa shape index (κ2) is 14.1. The maximum Gasteiger partial charge on any atom is 0.225 e. The average molecular weight is 500 g/mol. The molecular formula is C30H53N5O. The second-order valence-corrected chi connectivity index (χ2v) is 12.2. The van der Waals surface area contributed by atoms with Crippen LogP contribution in [0.4, 0.5) is 5.95 Å². The van der Waals surface area contributed by atoms with E-state index in [1.807, 2.05) is 0 Å². The number of rotatable bonds is 14. The van der Waals surface area contributed by atoms with Gasteiger partial charge in [-0.3, -0.25) is 4.90 Å². The molecule has 1 aromatic rings. The first kappa shape index (κ1) is 27.8. The number of fused-ring (bicyclic) bond motifs is 2. The molecule has 1 aromatic heterocycles. The Kier molecular flexibility index (Phi) is 10.9. The van der Waals surface area contributed by atoms with Crippen molar-refractivity contribution >= 4 is 5.95 Å². The number of ether oxygens (including phenoxy) is 1. The van der Waals surface area contributed by atoms with Crippen molar-refractivity contribution in [1.29, 1.82) is 0 Å². The lowest BCUT2D eigenvalue weighted by atomic mass is 9.91. The fourth-order valence-electron chi connectivity index (χ4n) is 6.49. The molecule has 36 heavy (non-hydrogen) atoms. The second-order valence-electron chi connectivity index (χ2n) is 12.2. The molecule has 4 heterocycles. The van der Waals surface area contributed by atoms with E-state index in [9.17, 15) is 0 Å². The van der Waals surface area contributed by atoms with E-state index in [-0.39, 0.29) is 0 Å². The van der Waals surface area contributed by atoms with Gasteiger partial charge in [0.2, 0.25) is 5.95 Å². The van der Waals surface area contributed by atoms with Gasteiger partial charge in [-0.1, -0.05) is 32.1 Å². The lowest BCUT2D eigenvalue weighted by molar-refractivity contribution is 0.0756. The van der Waals surface area contributed by atoms with Crippen molar-refractivity contribution in [2.24, 2.45) is 0 Å². The highest BCUT2D eigenvalue weighted by Gasteiger charge is 2.41. The Morgan fingerprint density at radius 3 is 1.97 bits per heavy atom. The first-order valence-corrected chi connectivity index (χ1v) is 15.2. The molecule has 0 N–H and O–H groups in total. The van der Waals surface area contributed by atoms with Crippen molar-refractivity contribution < 1.29 is 4.74 Å². The normalized spacial score (nSPS) is 23.9. The van der Waals surface area contributed by atoms with E-state index >= 15 is 0 Å². The summed E-state index contributed by atoms with van der Waals surface area (Å²) in [7, 11) is 0. The molecule has 204 valence electrons. The topological polar surface area (TPSA) is 44.7 Å². The van der Waals surface area contributed by atoms with Gasteiger partial charge in [-0.15, -0.1) is 0 Å². The zero-order valence-electron chi connectivity index (χ0n) is 23.7. The van der Waals surface area contributed by atoms with Crippen LogP contribution in [0.5, 0.6) is 0 Å². The molecule has 2 atom stereocenters. The number of likely N-dealkylation sites (tertiary alicyclic amines) is 2. The predicted molar refractivity (Wildman–Crippen MR) is 150 cm³/mol. The summed E-state index contributed by atoms with van der Waals surface area (Å²) in [6.45, 7) is 15.8. The fraction of sp³-hybridized carbons (Fsp3) is 0.867. The summed E-state index contributed by atoms with van der Waals surface area (Å²) in [5.74, 6) is 1.60. The van der Waals surface area contributed by atoms with Gasteiger partial charge < -0.3 is 14.5 Å². The SMILES string of the molecule is CC(C)OCCCCCCCCCN1CCC(c2cnc(N3C4CCC3CN(C(C)C)C4)nc2)CC1. The Morgan fingerprint density at radius 2 is 1.39 bits per heavy atom. The Bertz CT molecular complexity index is 732. The molecule has 2 unspecified atom stereocenters. The van der Waals surface area contributed by atoms with Crippen LogP contribution in [0.2, 0.25) is 0 Å². The minimum atomic E-state index is 0.375. The number of nitrogens with zero attached hydrogens (tertiary/aromatic N) is 5. The molecule has 0 radical (unpaired) electrons. The summed E-state index contributed by atoms with van der Waals surface area (Å²) in [4.78, 5) is 17.6. The van der Waals surface area contributed by atoms with E-state index in [0.717, 1.165) is 25.6 Å². The average Bonchev–Trinajstić information content (AvgIpc) is 3.14. The van der Waals surface area contributed by atoms with Crippen LogP contribution >= 0.6 is 0 Å². The summed E-state index contributed by atoms with van der Waals surface area (Å²) >= 11 is 0. The standard InChI is InChI=1S/C30H53N5O/c1-24(2)34-22-28-12-13-29(23-34)35(28)30-31-20-27(21-32-30)26-14-17-33(18-15-26)16-10-8-6-5-7-9-11-19-36-25(3)4/h20-21,24-26,28-29H,5-19,22-23H2,1-4H3. The van der Waals surface area contributed by atoms with Crippen LogP contribution in [-0.4, -0.2) is 83.3 Å². The largest absolute Gasteiger partial charge is 0.379 e. The number of hydrogen-bond acceptors (Lipinski definition) is 6. The third-order valence-electron chi connectivity index (χ3n) is 8.76. The van der Waals surface area contributed by atoms with Gasteiger partial charge in [-0.05, 0) is 97.3 Å². The van der Waals surface area contributed by atoms with E-state index < -0.39 is 0 Å². The van der Waals surface area contributed by atoms with Gasteiger partial charge in [-0.2, -0.15) is 0 Å². The van der Waals surface area contributed by atoms with Crippen LogP contribution < -0.4 is 4.90 Å². The van der Waals surface area contributed by atoms with Crippen molar-refractivity contribution in [3.63, 3.8) is 0 Å². The quantitative estimate of drug-likeness (QED) is 0.298. The molecule has 0 amide bonds. The molecule has 3 fully saturated rings. The van der Waals surface area contributed by atoms with E-state index in [0.29, 0.717) is 30.1 Å². The van der Waals surface area contributed by atoms with Gasteiger partial charge in [0.05, 0.1) is 6.10 Å². The van der Waals surface area contributed by atoms with E-state index in [4.69, 9.17) is 14.7 Å². The van der Waals surface area contributed by atoms with Crippen LogP contribution in [0, 0.1) is 0 Å². The number of aromatic nitrogens is 2. The van der Waals surface area contributed by atoms with Gasteiger partial charge in [0.15, 0.2) is 0 Å². The fourth-order valence-corrected chi connectivity index (χ4v) is 6.49. The summed E-state index contributed by atoms with van der Waals surface area (Å²) in [6, 6.07) is 1.81. The molecule has 0 spiro atoms. The highest BCUT2D eigenvalue weighted by molar-refractivity contribution is 5.38. The van der Waals surface area contributed by atoms with E-state index in [2.05, 4.69) is 54.8 Å². The first-order chi connectivity index (χ1) is 17.5. The minimum Gasteiger partial charge on any atom is -0.379 e. The van der Waals surface area contributed by atoms with E-state index in [1.54, 1.807) is 0 Å². The molecular weight excluding hydrogens is 446 g/mol. The predicted octanol–water partition coefficient (Wildman–Crippen LogP) is 5.87. The molecule has 6 nitrogen and oxygen atoms in total. The monoisotopic (exact) mass is 499 g/mol. The molecule has 2 bridgehead atoms. The molecule has 6 heteroatoms. The van der Waals surface area contributed by atoms with Crippen molar-refractivity contribution in [3.05, 3.63) is 18.0 Å². The molecule has 0 aromatic carbocycles. The number of anilines is 1. The zero-order chi connectivity index (χ0) is 25.3. The van der Waals surface area contributed by atoms with Gasteiger partial charge >= 0.3 is 0 Å².